The number of nitrogens with zero attached hydrogens (tertiary/aromatic N) is 5. The largest absolute Gasteiger partial charge is 0.481 e. The molecule has 0 spiro atoms. The first-order chi connectivity index (χ1) is 18.2. The molecule has 3 aliphatic heterocycles. The number of pyridine rings is 2. The molecule has 3 aliphatic rings. The van der Waals surface area contributed by atoms with Gasteiger partial charge in [0, 0.05) is 54.6 Å². The predicted molar refractivity (Wildman–Crippen MR) is 149 cm³/mol. The van der Waals surface area contributed by atoms with Crippen LogP contribution in [0.3, 0.4) is 0 Å². The number of piperidine rings is 1. The molecule has 0 radical (unpaired) electrons. The van der Waals surface area contributed by atoms with Crippen LogP contribution < -0.4 is 19.4 Å². The van der Waals surface area contributed by atoms with Gasteiger partial charge in [0.1, 0.15) is 11.6 Å². The Hall–Kier alpha value is -4.01. The molecule has 3 aromatic rings. The van der Waals surface area contributed by atoms with E-state index in [0.717, 1.165) is 35.5 Å². The van der Waals surface area contributed by atoms with E-state index in [1.807, 2.05) is 30.9 Å². The zero-order chi connectivity index (χ0) is 26.6. The standard InChI is InChI=1S/C29H30FN5O3.CH4/c1-29(2)17-34(23-7-6-19(30)15-21(23)29)28(37)18-13-25(32-26(14-18)38-3)33-11-8-20(9-12-33)35-24-5-4-10-31-22(24)16-27(35)36;/h4-7,10,13-15,20H,8-9,11-12,16-17H2,1-3H3;1H4. The molecule has 0 N–H and O–H groups in total. The average molecular weight is 532 g/mol. The second-order valence-corrected chi connectivity index (χ2v) is 10.8. The van der Waals surface area contributed by atoms with Gasteiger partial charge in [-0.25, -0.2) is 4.39 Å². The SMILES string of the molecule is C.COc1cc(C(=O)N2CC(C)(C)c3cc(F)ccc32)cc(N2CCC(N3C(=O)Cc4ncccc43)CC2)n1. The molecule has 0 aliphatic carbocycles. The highest BCUT2D eigenvalue weighted by Crippen LogP contribution is 2.42. The van der Waals surface area contributed by atoms with Crippen molar-refractivity contribution >= 4 is 29.0 Å². The fraction of sp³-hybridized carbons (Fsp3) is 0.400. The number of hydrogen-bond donors (Lipinski definition) is 0. The van der Waals surface area contributed by atoms with E-state index in [2.05, 4.69) is 14.9 Å². The Morgan fingerprint density at radius 1 is 1.10 bits per heavy atom. The van der Waals surface area contributed by atoms with Crippen LogP contribution in [0.15, 0.2) is 48.7 Å². The third-order valence-electron chi connectivity index (χ3n) is 7.89. The molecule has 0 unspecified atom stereocenters. The van der Waals surface area contributed by atoms with Crippen LogP contribution in [-0.2, 0) is 16.6 Å². The van der Waals surface area contributed by atoms with Crippen LogP contribution in [-0.4, -0.2) is 54.6 Å². The van der Waals surface area contributed by atoms with Gasteiger partial charge in [0.2, 0.25) is 11.8 Å². The third-order valence-corrected chi connectivity index (χ3v) is 7.89. The van der Waals surface area contributed by atoms with Crippen LogP contribution in [0, 0.1) is 5.82 Å². The van der Waals surface area contributed by atoms with Crippen molar-refractivity contribution in [1.82, 2.24) is 9.97 Å². The number of anilines is 3. The number of fused-ring (bicyclic) bond motifs is 2. The maximum Gasteiger partial charge on any atom is 0.258 e. The maximum atomic E-state index is 14.0. The summed E-state index contributed by atoms with van der Waals surface area (Å²) in [6.07, 6.45) is 3.64. The van der Waals surface area contributed by atoms with Gasteiger partial charge in [-0.3, -0.25) is 14.6 Å². The molecule has 204 valence electrons. The van der Waals surface area contributed by atoms with Gasteiger partial charge in [0.25, 0.3) is 5.91 Å². The third kappa shape index (κ3) is 4.60. The summed E-state index contributed by atoms with van der Waals surface area (Å²) in [4.78, 5) is 41.2. The van der Waals surface area contributed by atoms with E-state index in [4.69, 9.17) is 4.74 Å². The van der Waals surface area contributed by atoms with Gasteiger partial charge in [-0.2, -0.15) is 4.98 Å². The minimum atomic E-state index is -0.365. The highest BCUT2D eigenvalue weighted by molar-refractivity contribution is 6.08. The Kier molecular flexibility index (Phi) is 6.78. The summed E-state index contributed by atoms with van der Waals surface area (Å²) >= 11 is 0. The molecule has 39 heavy (non-hydrogen) atoms. The number of carbonyl (C=O) groups excluding carboxylic acids is 2. The summed E-state index contributed by atoms with van der Waals surface area (Å²) in [5.74, 6) is 0.641. The Morgan fingerprint density at radius 3 is 2.62 bits per heavy atom. The molecule has 1 saturated heterocycles. The fourth-order valence-corrected chi connectivity index (χ4v) is 5.97. The molecule has 0 bridgehead atoms. The van der Waals surface area contributed by atoms with Crippen LogP contribution in [0.25, 0.3) is 0 Å². The molecule has 1 fully saturated rings. The number of hydrogen-bond acceptors (Lipinski definition) is 6. The van der Waals surface area contributed by atoms with Crippen molar-refractivity contribution in [2.75, 3.05) is 41.4 Å². The van der Waals surface area contributed by atoms with E-state index >= 15 is 0 Å². The van der Waals surface area contributed by atoms with Crippen LogP contribution >= 0.6 is 0 Å². The van der Waals surface area contributed by atoms with Crippen LogP contribution in [0.5, 0.6) is 5.88 Å². The smallest absolute Gasteiger partial charge is 0.258 e. The minimum absolute atomic E-state index is 0. The Balaban J connectivity index is 0.00000308. The van der Waals surface area contributed by atoms with Crippen molar-refractivity contribution in [2.45, 2.75) is 52.0 Å². The second kappa shape index (κ2) is 9.94. The number of carbonyl (C=O) groups is 2. The normalized spacial score (nSPS) is 18.1. The van der Waals surface area contributed by atoms with E-state index in [1.54, 1.807) is 29.3 Å². The number of amides is 2. The number of rotatable bonds is 4. The summed E-state index contributed by atoms with van der Waals surface area (Å²) in [6.45, 7) is 5.87. The second-order valence-electron chi connectivity index (χ2n) is 10.8. The summed E-state index contributed by atoms with van der Waals surface area (Å²) in [7, 11) is 1.54. The van der Waals surface area contributed by atoms with E-state index in [1.165, 1.54) is 19.2 Å². The summed E-state index contributed by atoms with van der Waals surface area (Å²) < 4.78 is 19.4. The molecular weight excluding hydrogens is 497 g/mol. The lowest BCUT2D eigenvalue weighted by molar-refractivity contribution is -0.117. The average Bonchev–Trinajstić information content (AvgIpc) is 3.40. The van der Waals surface area contributed by atoms with E-state index in [9.17, 15) is 14.0 Å². The molecular formula is C30H34FN5O3. The van der Waals surface area contributed by atoms with E-state index in [0.29, 0.717) is 43.3 Å². The quantitative estimate of drug-likeness (QED) is 0.483. The number of aromatic nitrogens is 2. The fourth-order valence-electron chi connectivity index (χ4n) is 5.97. The molecule has 8 nitrogen and oxygen atoms in total. The number of halogens is 1. The lowest BCUT2D eigenvalue weighted by Crippen LogP contribution is -2.46. The monoisotopic (exact) mass is 531 g/mol. The lowest BCUT2D eigenvalue weighted by atomic mass is 9.87. The Morgan fingerprint density at radius 2 is 1.87 bits per heavy atom. The first-order valence-corrected chi connectivity index (χ1v) is 12.9. The van der Waals surface area contributed by atoms with Crippen LogP contribution in [0.2, 0.25) is 0 Å². The first kappa shape index (κ1) is 26.6. The zero-order valence-electron chi connectivity index (χ0n) is 21.8. The van der Waals surface area contributed by atoms with Crippen LogP contribution in [0.4, 0.5) is 21.6 Å². The molecule has 2 amide bonds. The van der Waals surface area contributed by atoms with Crippen LogP contribution in [0.1, 0.15) is 55.7 Å². The van der Waals surface area contributed by atoms with Gasteiger partial charge in [-0.05, 0) is 54.8 Å². The van der Waals surface area contributed by atoms with Gasteiger partial charge >= 0.3 is 0 Å². The molecule has 6 rings (SSSR count). The van der Waals surface area contributed by atoms with Crippen molar-refractivity contribution < 1.29 is 18.7 Å². The summed E-state index contributed by atoms with van der Waals surface area (Å²) in [5.41, 5.74) is 3.41. The summed E-state index contributed by atoms with van der Waals surface area (Å²) in [6, 6.07) is 12.0. The molecule has 0 atom stereocenters. The molecule has 2 aromatic heterocycles. The lowest BCUT2D eigenvalue weighted by Gasteiger charge is -2.37. The van der Waals surface area contributed by atoms with Gasteiger partial charge in [0.05, 0.1) is 24.9 Å². The molecule has 1 aromatic carbocycles. The van der Waals surface area contributed by atoms with Gasteiger partial charge in [0.15, 0.2) is 0 Å². The Bertz CT molecular complexity index is 1430. The predicted octanol–water partition coefficient (Wildman–Crippen LogP) is 4.76. The Labute approximate surface area is 228 Å². The minimum Gasteiger partial charge on any atom is -0.481 e. The number of ether oxygens (including phenoxy) is 1. The van der Waals surface area contributed by atoms with Crippen molar-refractivity contribution in [3.8, 4) is 5.88 Å². The van der Waals surface area contributed by atoms with Gasteiger partial charge in [-0.1, -0.05) is 21.3 Å². The molecule has 9 heteroatoms. The topological polar surface area (TPSA) is 78.9 Å². The van der Waals surface area contributed by atoms with Crippen molar-refractivity contribution in [2.24, 2.45) is 0 Å². The maximum absolute atomic E-state index is 14.0. The van der Waals surface area contributed by atoms with Gasteiger partial charge in [-0.15, -0.1) is 0 Å². The van der Waals surface area contributed by atoms with E-state index < -0.39 is 0 Å². The molecule has 0 saturated carbocycles. The first-order valence-electron chi connectivity index (χ1n) is 12.9. The van der Waals surface area contributed by atoms with Crippen molar-refractivity contribution in [3.63, 3.8) is 0 Å². The van der Waals surface area contributed by atoms with Crippen molar-refractivity contribution in [3.05, 3.63) is 71.3 Å². The highest BCUT2D eigenvalue weighted by atomic mass is 19.1. The summed E-state index contributed by atoms with van der Waals surface area (Å²) in [5, 5.41) is 0. The molecule has 5 heterocycles. The highest BCUT2D eigenvalue weighted by Gasteiger charge is 2.39. The number of methoxy groups -OCH3 is 1. The zero-order valence-corrected chi connectivity index (χ0v) is 21.8. The number of benzene rings is 1. The van der Waals surface area contributed by atoms with Crippen molar-refractivity contribution in [1.29, 1.82) is 0 Å². The van der Waals surface area contributed by atoms with Gasteiger partial charge < -0.3 is 19.4 Å². The van der Waals surface area contributed by atoms with E-state index in [-0.39, 0.29) is 36.5 Å².